The smallest absolute Gasteiger partial charge is 0.508 e. The van der Waals surface area contributed by atoms with Crippen LogP contribution in [0.2, 0.25) is 0 Å². The van der Waals surface area contributed by atoms with Gasteiger partial charge in [0.05, 0.1) is 6.61 Å². The van der Waals surface area contributed by atoms with Gasteiger partial charge in [-0.1, -0.05) is 12.1 Å². The molecule has 0 spiro atoms. The number of hydrogen-bond acceptors (Lipinski definition) is 10. The van der Waals surface area contributed by atoms with Crippen LogP contribution in [0.5, 0.6) is 5.75 Å². The third kappa shape index (κ3) is 7.41. The largest absolute Gasteiger partial charge is 0.511 e. The molecule has 0 unspecified atom stereocenters. The van der Waals surface area contributed by atoms with E-state index in [0.717, 1.165) is 0 Å². The lowest BCUT2D eigenvalue weighted by molar-refractivity contribution is -0.165. The Morgan fingerprint density at radius 2 is 1.77 bits per heavy atom. The molecule has 0 aromatic heterocycles. The molecule has 1 aromatic carbocycles. The molecule has 0 bridgehead atoms. The van der Waals surface area contributed by atoms with Crippen molar-refractivity contribution < 1.29 is 43.5 Å². The number of rotatable bonds is 8. The van der Waals surface area contributed by atoms with Crippen LogP contribution in [-0.4, -0.2) is 53.7 Å². The maximum Gasteiger partial charge on any atom is 0.511 e. The number of phenols is 1. The summed E-state index contributed by atoms with van der Waals surface area (Å²) in [5, 5.41) is 20.4. The Balaban J connectivity index is 2.96. The average molecular weight is 428 g/mol. The molecule has 1 aromatic rings. The average Bonchev–Trinajstić information content (AvgIpc) is 2.64. The van der Waals surface area contributed by atoms with Crippen molar-refractivity contribution >= 4 is 18.2 Å². The van der Waals surface area contributed by atoms with Crippen molar-refractivity contribution in [1.82, 2.24) is 10.9 Å². The minimum absolute atomic E-state index is 0.0761. The maximum absolute atomic E-state index is 12.8. The quantitative estimate of drug-likeness (QED) is 0.208. The molecule has 1 rings (SSSR count). The second-order valence-electron chi connectivity index (χ2n) is 7.30. The van der Waals surface area contributed by atoms with E-state index in [1.54, 1.807) is 27.7 Å². The van der Waals surface area contributed by atoms with E-state index in [0.29, 0.717) is 0 Å². The van der Waals surface area contributed by atoms with Gasteiger partial charge in [0.1, 0.15) is 23.0 Å². The number of esters is 1. The van der Waals surface area contributed by atoms with E-state index in [-0.39, 0.29) is 17.9 Å². The van der Waals surface area contributed by atoms with Crippen LogP contribution in [0.25, 0.3) is 0 Å². The van der Waals surface area contributed by atoms with Crippen LogP contribution in [0, 0.1) is 0 Å². The SMILES string of the molecule is CCOC(=O)OCOC(=O)[C@@](C)(c1cccc(O)c1)[C@H](O)NNC(=O)OC(C)(C)C. The monoisotopic (exact) mass is 428 g/mol. The van der Waals surface area contributed by atoms with Crippen LogP contribution < -0.4 is 10.9 Å². The van der Waals surface area contributed by atoms with Crippen LogP contribution in [0.3, 0.4) is 0 Å². The first-order valence-electron chi connectivity index (χ1n) is 9.09. The molecular weight excluding hydrogens is 400 g/mol. The van der Waals surface area contributed by atoms with Gasteiger partial charge >= 0.3 is 18.2 Å². The van der Waals surface area contributed by atoms with Crippen LogP contribution in [0.1, 0.15) is 40.2 Å². The van der Waals surface area contributed by atoms with E-state index in [1.807, 2.05) is 0 Å². The number of aliphatic hydroxyl groups is 1. The van der Waals surface area contributed by atoms with Gasteiger partial charge in [-0.3, -0.25) is 10.2 Å². The Morgan fingerprint density at radius 3 is 2.33 bits per heavy atom. The van der Waals surface area contributed by atoms with Crippen molar-refractivity contribution in [2.45, 2.75) is 51.9 Å². The Bertz CT molecular complexity index is 748. The van der Waals surface area contributed by atoms with E-state index in [2.05, 4.69) is 20.3 Å². The summed E-state index contributed by atoms with van der Waals surface area (Å²) in [6.07, 6.45) is -3.64. The molecular formula is C19H28N2O9. The van der Waals surface area contributed by atoms with Crippen LogP contribution >= 0.6 is 0 Å². The van der Waals surface area contributed by atoms with Crippen LogP contribution in [0.4, 0.5) is 9.59 Å². The molecule has 1 amide bonds. The molecule has 168 valence electrons. The predicted molar refractivity (Wildman–Crippen MR) is 103 cm³/mol. The van der Waals surface area contributed by atoms with Gasteiger partial charge in [0.15, 0.2) is 0 Å². The van der Waals surface area contributed by atoms with Crippen LogP contribution in [-0.2, 0) is 29.2 Å². The fourth-order valence-electron chi connectivity index (χ4n) is 2.23. The Labute approximate surface area is 174 Å². The number of aliphatic hydroxyl groups excluding tert-OH is 1. The zero-order valence-electron chi connectivity index (χ0n) is 17.6. The van der Waals surface area contributed by atoms with Gasteiger partial charge in [-0.15, -0.1) is 0 Å². The number of amides is 1. The highest BCUT2D eigenvalue weighted by atomic mass is 16.8. The Morgan fingerprint density at radius 1 is 1.10 bits per heavy atom. The second kappa shape index (κ2) is 10.6. The highest BCUT2D eigenvalue weighted by Gasteiger charge is 2.45. The summed E-state index contributed by atoms with van der Waals surface area (Å²) in [5.41, 5.74) is 1.97. The maximum atomic E-state index is 12.8. The first-order chi connectivity index (χ1) is 13.9. The van der Waals surface area contributed by atoms with E-state index < -0.39 is 42.3 Å². The Hall–Kier alpha value is -3.05. The third-order valence-corrected chi connectivity index (χ3v) is 3.76. The van der Waals surface area contributed by atoms with Crippen molar-refractivity contribution in [3.05, 3.63) is 29.8 Å². The number of hydrogen-bond donors (Lipinski definition) is 4. The van der Waals surface area contributed by atoms with Crippen molar-refractivity contribution in [1.29, 1.82) is 0 Å². The van der Waals surface area contributed by atoms with Gasteiger partial charge in [0.25, 0.3) is 0 Å². The normalized spacial score (nSPS) is 14.1. The topological polar surface area (TPSA) is 153 Å². The number of benzene rings is 1. The number of phenolic OH excluding ortho intramolecular Hbond substituents is 1. The third-order valence-electron chi connectivity index (χ3n) is 3.76. The summed E-state index contributed by atoms with van der Waals surface area (Å²) in [5.74, 6) is -1.18. The molecule has 0 radical (unpaired) electrons. The number of nitrogens with one attached hydrogen (secondary N) is 2. The summed E-state index contributed by atoms with van der Waals surface area (Å²) < 4.78 is 19.1. The molecule has 2 atom stereocenters. The van der Waals surface area contributed by atoms with Gasteiger partial charge < -0.3 is 29.2 Å². The molecule has 0 aliphatic carbocycles. The van der Waals surface area contributed by atoms with Crippen molar-refractivity contribution in [2.24, 2.45) is 0 Å². The van der Waals surface area contributed by atoms with Gasteiger partial charge in [-0.05, 0) is 52.3 Å². The Kier molecular flexibility index (Phi) is 8.87. The minimum atomic E-state index is -1.83. The molecule has 4 N–H and O–H groups in total. The predicted octanol–water partition coefficient (Wildman–Crippen LogP) is 1.67. The van der Waals surface area contributed by atoms with Crippen molar-refractivity contribution in [2.75, 3.05) is 13.4 Å². The van der Waals surface area contributed by atoms with Gasteiger partial charge in [0.2, 0.25) is 6.79 Å². The zero-order chi connectivity index (χ0) is 22.9. The number of carbonyl (C=O) groups excluding carboxylic acids is 3. The zero-order valence-corrected chi connectivity index (χ0v) is 17.6. The summed E-state index contributed by atoms with van der Waals surface area (Å²) >= 11 is 0. The summed E-state index contributed by atoms with van der Waals surface area (Å²) in [6, 6.07) is 5.54. The van der Waals surface area contributed by atoms with E-state index in [9.17, 15) is 24.6 Å². The fraction of sp³-hybridized carbons (Fsp3) is 0.526. The standard InChI is InChI=1S/C19H28N2O9/c1-6-27-17(26)29-11-28-15(24)19(5,12-8-7-9-13(22)10-12)14(23)20-21-16(25)30-18(2,3)4/h7-10,14,20,22-23H,6,11H2,1-5H3,(H,21,25)/t14-,19-/m0/s1. The molecule has 0 aliphatic heterocycles. The molecule has 0 saturated heterocycles. The highest BCUT2D eigenvalue weighted by molar-refractivity contribution is 5.84. The summed E-state index contributed by atoms with van der Waals surface area (Å²) in [6.45, 7) is 7.15. The van der Waals surface area contributed by atoms with Crippen LogP contribution in [0.15, 0.2) is 24.3 Å². The van der Waals surface area contributed by atoms with Gasteiger partial charge in [-0.2, -0.15) is 0 Å². The highest BCUT2D eigenvalue weighted by Crippen LogP contribution is 2.30. The van der Waals surface area contributed by atoms with Crippen molar-refractivity contribution in [3.8, 4) is 5.75 Å². The molecule has 0 saturated carbocycles. The molecule has 30 heavy (non-hydrogen) atoms. The van der Waals surface area contributed by atoms with Crippen molar-refractivity contribution in [3.63, 3.8) is 0 Å². The first-order valence-corrected chi connectivity index (χ1v) is 9.09. The number of aromatic hydroxyl groups is 1. The minimum Gasteiger partial charge on any atom is -0.508 e. The van der Waals surface area contributed by atoms with E-state index in [1.165, 1.54) is 31.2 Å². The van der Waals surface area contributed by atoms with Gasteiger partial charge in [-0.25, -0.2) is 15.0 Å². The molecule has 0 fully saturated rings. The molecule has 11 nitrogen and oxygen atoms in total. The number of carbonyl (C=O) groups is 3. The lowest BCUT2D eigenvalue weighted by atomic mass is 9.80. The lowest BCUT2D eigenvalue weighted by Gasteiger charge is -2.33. The number of hydrazine groups is 1. The summed E-state index contributed by atoms with van der Waals surface area (Å²) in [7, 11) is 0. The first kappa shape index (κ1) is 25.0. The number of ether oxygens (including phenoxy) is 4. The van der Waals surface area contributed by atoms with E-state index in [4.69, 9.17) is 9.47 Å². The molecule has 0 heterocycles. The lowest BCUT2D eigenvalue weighted by Crippen LogP contribution is -2.58. The second-order valence-corrected chi connectivity index (χ2v) is 7.30. The van der Waals surface area contributed by atoms with Gasteiger partial charge in [0, 0.05) is 0 Å². The fourth-order valence-corrected chi connectivity index (χ4v) is 2.23. The summed E-state index contributed by atoms with van der Waals surface area (Å²) in [4.78, 5) is 35.8. The molecule has 0 aliphatic rings. The molecule has 11 heteroatoms. The van der Waals surface area contributed by atoms with E-state index >= 15 is 0 Å².